The van der Waals surface area contributed by atoms with Gasteiger partial charge in [-0.25, -0.2) is 4.98 Å². The Labute approximate surface area is 193 Å². The fourth-order valence-electron chi connectivity index (χ4n) is 3.84. The van der Waals surface area contributed by atoms with Crippen molar-refractivity contribution in [1.29, 1.82) is 0 Å². The second kappa shape index (κ2) is 8.78. The smallest absolute Gasteiger partial charge is 0.278 e. The molecule has 33 heavy (non-hydrogen) atoms. The lowest BCUT2D eigenvalue weighted by atomic mass is 9.89. The van der Waals surface area contributed by atoms with Crippen molar-refractivity contribution >= 4 is 5.91 Å². The molecule has 0 radical (unpaired) electrons. The summed E-state index contributed by atoms with van der Waals surface area (Å²) < 4.78 is 7.58. The van der Waals surface area contributed by atoms with Crippen LogP contribution in [0, 0.1) is 0 Å². The van der Waals surface area contributed by atoms with Crippen LogP contribution in [0.1, 0.15) is 62.4 Å². The molecule has 1 amide bonds. The number of aromatic nitrogens is 4. The number of fused-ring (bicyclic) bond motifs is 3. The van der Waals surface area contributed by atoms with Gasteiger partial charge in [-0.3, -0.25) is 9.36 Å². The highest BCUT2D eigenvalue weighted by Crippen LogP contribution is 2.32. The first-order chi connectivity index (χ1) is 15.7. The van der Waals surface area contributed by atoms with E-state index in [1.807, 2.05) is 56.5 Å². The molecule has 8 nitrogen and oxygen atoms in total. The quantitative estimate of drug-likeness (QED) is 0.564. The number of allylic oxidation sites excluding steroid dienone is 2. The lowest BCUT2D eigenvalue weighted by molar-refractivity contribution is 0.0788. The fourth-order valence-corrected chi connectivity index (χ4v) is 3.84. The summed E-state index contributed by atoms with van der Waals surface area (Å²) in [7, 11) is 1.77. The van der Waals surface area contributed by atoms with Crippen LogP contribution < -0.4 is 5.73 Å². The third kappa shape index (κ3) is 4.39. The van der Waals surface area contributed by atoms with Crippen molar-refractivity contribution in [3.05, 3.63) is 71.0 Å². The van der Waals surface area contributed by atoms with E-state index in [2.05, 4.69) is 27.3 Å². The predicted octanol–water partition coefficient (Wildman–Crippen LogP) is 4.37. The summed E-state index contributed by atoms with van der Waals surface area (Å²) in [5, 5.41) is 4.25. The summed E-state index contributed by atoms with van der Waals surface area (Å²) in [6.07, 6.45) is 7.06. The SMILES string of the molecule is CC(C)=CCC(N)(CC=C(C)C)c1noc(-c2ncn3c2CN(C)C(=O)c2ccccc2-3)n1. The maximum atomic E-state index is 12.9. The van der Waals surface area contributed by atoms with Gasteiger partial charge in [-0.05, 0) is 52.7 Å². The molecule has 1 aliphatic rings. The number of amides is 1. The van der Waals surface area contributed by atoms with Gasteiger partial charge in [-0.15, -0.1) is 0 Å². The zero-order chi connectivity index (χ0) is 23.8. The highest BCUT2D eigenvalue weighted by Gasteiger charge is 2.33. The van der Waals surface area contributed by atoms with Crippen LogP contribution in [0.25, 0.3) is 17.3 Å². The van der Waals surface area contributed by atoms with E-state index in [9.17, 15) is 4.79 Å². The van der Waals surface area contributed by atoms with Gasteiger partial charge in [0, 0.05) is 7.05 Å². The van der Waals surface area contributed by atoms with Gasteiger partial charge in [0.15, 0.2) is 11.5 Å². The number of para-hydroxylation sites is 1. The second-order valence-corrected chi connectivity index (χ2v) is 9.14. The maximum absolute atomic E-state index is 12.9. The Morgan fingerprint density at radius 2 is 1.82 bits per heavy atom. The fraction of sp³-hybridized carbons (Fsp3) is 0.360. The number of carbonyl (C=O) groups is 1. The van der Waals surface area contributed by atoms with Crippen molar-refractivity contribution in [2.24, 2.45) is 5.73 Å². The van der Waals surface area contributed by atoms with Gasteiger partial charge in [-0.1, -0.05) is 40.6 Å². The zero-order valence-corrected chi connectivity index (χ0v) is 19.8. The highest BCUT2D eigenvalue weighted by atomic mass is 16.5. The first-order valence-corrected chi connectivity index (χ1v) is 11.0. The molecule has 3 aromatic rings. The maximum Gasteiger partial charge on any atom is 0.278 e. The third-order valence-electron chi connectivity index (χ3n) is 5.82. The molecule has 2 aromatic heterocycles. The standard InChI is InChI=1S/C25H30N6O2/c1-16(2)10-12-25(26,13-11-17(3)4)24-28-22(33-29-24)21-20-14-30(5)23(32)18-8-6-7-9-19(18)31(20)15-27-21/h6-11,15H,12-14,26H2,1-5H3. The molecule has 0 saturated carbocycles. The molecule has 0 bridgehead atoms. The molecule has 0 aliphatic carbocycles. The molecule has 1 aromatic carbocycles. The number of carbonyl (C=O) groups excluding carboxylic acids is 1. The number of hydrogen-bond acceptors (Lipinski definition) is 6. The van der Waals surface area contributed by atoms with E-state index in [-0.39, 0.29) is 5.91 Å². The van der Waals surface area contributed by atoms with Crippen molar-refractivity contribution in [2.45, 2.75) is 52.6 Å². The molecule has 1 aliphatic heterocycles. The molecule has 0 atom stereocenters. The third-order valence-corrected chi connectivity index (χ3v) is 5.82. The Kier molecular flexibility index (Phi) is 6.03. The molecule has 2 N–H and O–H groups in total. The average molecular weight is 447 g/mol. The molecule has 3 heterocycles. The van der Waals surface area contributed by atoms with Crippen molar-refractivity contribution in [3.63, 3.8) is 0 Å². The normalized spacial score (nSPS) is 13.3. The van der Waals surface area contributed by atoms with Gasteiger partial charge in [0.05, 0.1) is 29.0 Å². The van der Waals surface area contributed by atoms with Crippen LogP contribution in [0.3, 0.4) is 0 Å². The molecule has 0 spiro atoms. The Hall–Kier alpha value is -3.52. The van der Waals surface area contributed by atoms with E-state index in [0.29, 0.717) is 42.4 Å². The van der Waals surface area contributed by atoms with Crippen LogP contribution in [0.2, 0.25) is 0 Å². The van der Waals surface area contributed by atoms with Crippen LogP contribution in [-0.2, 0) is 12.1 Å². The lowest BCUT2D eigenvalue weighted by Crippen LogP contribution is -2.37. The number of nitrogens with zero attached hydrogens (tertiary/aromatic N) is 5. The number of imidazole rings is 1. The molecule has 172 valence electrons. The summed E-state index contributed by atoms with van der Waals surface area (Å²) in [5.74, 6) is 0.687. The largest absolute Gasteiger partial charge is 0.336 e. The van der Waals surface area contributed by atoms with E-state index in [1.165, 1.54) is 11.1 Å². The van der Waals surface area contributed by atoms with Gasteiger partial charge in [0.1, 0.15) is 6.33 Å². The predicted molar refractivity (Wildman–Crippen MR) is 127 cm³/mol. The van der Waals surface area contributed by atoms with Crippen molar-refractivity contribution in [3.8, 4) is 17.3 Å². The Balaban J connectivity index is 1.76. The Bertz CT molecular complexity index is 1220. The molecule has 0 unspecified atom stereocenters. The molecular weight excluding hydrogens is 416 g/mol. The van der Waals surface area contributed by atoms with Crippen molar-refractivity contribution in [2.75, 3.05) is 7.05 Å². The monoisotopic (exact) mass is 446 g/mol. The Morgan fingerprint density at radius 1 is 1.15 bits per heavy atom. The van der Waals surface area contributed by atoms with Crippen LogP contribution >= 0.6 is 0 Å². The number of benzene rings is 1. The minimum Gasteiger partial charge on any atom is -0.336 e. The summed E-state index contributed by atoms with van der Waals surface area (Å²) in [6, 6.07) is 7.49. The second-order valence-electron chi connectivity index (χ2n) is 9.14. The zero-order valence-electron chi connectivity index (χ0n) is 19.8. The molecule has 8 heteroatoms. The molecule has 0 saturated heterocycles. The van der Waals surface area contributed by atoms with Crippen LogP contribution in [0.4, 0.5) is 0 Å². The van der Waals surface area contributed by atoms with Crippen LogP contribution in [0.5, 0.6) is 0 Å². The average Bonchev–Trinajstić information content (AvgIpc) is 3.41. The van der Waals surface area contributed by atoms with E-state index in [4.69, 9.17) is 10.3 Å². The van der Waals surface area contributed by atoms with Gasteiger partial charge < -0.3 is 15.2 Å². The molecular formula is C25H30N6O2. The minimum atomic E-state index is -0.799. The van der Waals surface area contributed by atoms with Crippen LogP contribution in [0.15, 0.2) is 58.4 Å². The van der Waals surface area contributed by atoms with Gasteiger partial charge >= 0.3 is 0 Å². The van der Waals surface area contributed by atoms with E-state index in [0.717, 1.165) is 11.4 Å². The molecule has 0 fully saturated rings. The van der Waals surface area contributed by atoms with Gasteiger partial charge in [0.25, 0.3) is 11.8 Å². The van der Waals surface area contributed by atoms with Crippen molar-refractivity contribution in [1.82, 2.24) is 24.6 Å². The topological polar surface area (TPSA) is 103 Å². The highest BCUT2D eigenvalue weighted by molar-refractivity contribution is 5.98. The summed E-state index contributed by atoms with van der Waals surface area (Å²) in [6.45, 7) is 8.53. The first kappa shape index (κ1) is 22.7. The Morgan fingerprint density at radius 3 is 2.48 bits per heavy atom. The summed E-state index contributed by atoms with van der Waals surface area (Å²) in [4.78, 5) is 23.8. The number of hydrogen-bond donors (Lipinski definition) is 1. The molecule has 4 rings (SSSR count). The minimum absolute atomic E-state index is 0.0455. The van der Waals surface area contributed by atoms with Crippen LogP contribution in [-0.4, -0.2) is 37.5 Å². The van der Waals surface area contributed by atoms with Gasteiger partial charge in [-0.2, -0.15) is 4.98 Å². The van der Waals surface area contributed by atoms with Gasteiger partial charge in [0.2, 0.25) is 0 Å². The summed E-state index contributed by atoms with van der Waals surface area (Å²) >= 11 is 0. The lowest BCUT2D eigenvalue weighted by Gasteiger charge is -2.23. The first-order valence-electron chi connectivity index (χ1n) is 11.0. The van der Waals surface area contributed by atoms with Crippen molar-refractivity contribution < 1.29 is 9.32 Å². The van der Waals surface area contributed by atoms with E-state index < -0.39 is 5.54 Å². The number of rotatable bonds is 6. The van der Waals surface area contributed by atoms with E-state index >= 15 is 0 Å². The summed E-state index contributed by atoms with van der Waals surface area (Å²) in [5.41, 5.74) is 11.1. The number of nitrogens with two attached hydrogens (primary N) is 1. The van der Waals surface area contributed by atoms with E-state index in [1.54, 1.807) is 18.3 Å².